The Kier molecular flexibility index (Phi) is 3.56. The minimum Gasteiger partial charge on any atom is -0.481 e. The molecule has 5 heteroatoms. The van der Waals surface area contributed by atoms with Crippen LogP contribution < -0.4 is 0 Å². The van der Waals surface area contributed by atoms with Gasteiger partial charge >= 0.3 is 5.97 Å². The summed E-state index contributed by atoms with van der Waals surface area (Å²) in [5.74, 6) is -0.987. The van der Waals surface area contributed by atoms with Crippen molar-refractivity contribution in [1.82, 2.24) is 9.88 Å². The lowest BCUT2D eigenvalue weighted by molar-refractivity contribution is -0.137. The highest BCUT2D eigenvalue weighted by Crippen LogP contribution is 2.25. The van der Waals surface area contributed by atoms with Gasteiger partial charge in [-0.1, -0.05) is 24.3 Å². The molecule has 1 aliphatic rings. The van der Waals surface area contributed by atoms with E-state index in [1.54, 1.807) is 17.3 Å². The number of fused-ring (bicyclic) bond motifs is 1. The summed E-state index contributed by atoms with van der Waals surface area (Å²) in [5, 5.41) is 10.7. The van der Waals surface area contributed by atoms with Crippen molar-refractivity contribution in [2.75, 3.05) is 6.54 Å². The van der Waals surface area contributed by atoms with Crippen molar-refractivity contribution < 1.29 is 14.7 Å². The van der Waals surface area contributed by atoms with Crippen LogP contribution in [0, 0.1) is 0 Å². The zero-order valence-corrected chi connectivity index (χ0v) is 11.5. The van der Waals surface area contributed by atoms with Gasteiger partial charge in [0.05, 0.1) is 12.0 Å². The average Bonchev–Trinajstić information content (AvgIpc) is 2.93. The Morgan fingerprint density at radius 2 is 2.10 bits per heavy atom. The third-order valence-electron chi connectivity index (χ3n) is 3.95. The fourth-order valence-corrected chi connectivity index (χ4v) is 2.96. The van der Waals surface area contributed by atoms with Gasteiger partial charge in [-0.05, 0) is 18.2 Å². The van der Waals surface area contributed by atoms with Crippen LogP contribution >= 0.6 is 0 Å². The van der Waals surface area contributed by atoms with E-state index in [1.807, 2.05) is 24.3 Å². The molecule has 1 saturated heterocycles. The number of nitrogens with zero attached hydrogens (tertiary/aromatic N) is 2. The number of benzene rings is 1. The summed E-state index contributed by atoms with van der Waals surface area (Å²) in [6, 6.07) is 7.39. The van der Waals surface area contributed by atoms with E-state index in [1.165, 1.54) is 0 Å². The molecule has 108 valence electrons. The van der Waals surface area contributed by atoms with Crippen LogP contribution in [0.2, 0.25) is 0 Å². The number of carboxylic acids is 1. The van der Waals surface area contributed by atoms with Gasteiger partial charge in [-0.3, -0.25) is 14.6 Å². The van der Waals surface area contributed by atoms with Crippen molar-refractivity contribution in [3.8, 4) is 0 Å². The number of carbonyl (C=O) groups is 2. The summed E-state index contributed by atoms with van der Waals surface area (Å²) in [7, 11) is 0. The van der Waals surface area contributed by atoms with Gasteiger partial charge in [0.15, 0.2) is 0 Å². The third kappa shape index (κ3) is 2.59. The van der Waals surface area contributed by atoms with Crippen LogP contribution in [0.5, 0.6) is 0 Å². The van der Waals surface area contributed by atoms with E-state index in [9.17, 15) is 9.59 Å². The number of amides is 1. The van der Waals surface area contributed by atoms with Crippen LogP contribution in [0.4, 0.5) is 0 Å². The molecule has 0 aliphatic carbocycles. The highest BCUT2D eigenvalue weighted by molar-refractivity contribution is 6.06. The Morgan fingerprint density at radius 1 is 1.29 bits per heavy atom. The summed E-state index contributed by atoms with van der Waals surface area (Å²) in [6.07, 6.45) is 4.90. The Hall–Kier alpha value is -2.43. The minimum atomic E-state index is -0.865. The molecule has 1 aromatic carbocycles. The monoisotopic (exact) mass is 284 g/mol. The van der Waals surface area contributed by atoms with Crippen molar-refractivity contribution in [1.29, 1.82) is 0 Å². The molecule has 0 saturated carbocycles. The molecule has 1 aliphatic heterocycles. The van der Waals surface area contributed by atoms with E-state index in [0.29, 0.717) is 12.1 Å². The Bertz CT molecular complexity index is 693. The molecule has 0 bridgehead atoms. The number of rotatable bonds is 3. The second-order valence-corrected chi connectivity index (χ2v) is 5.30. The number of aliphatic carboxylic acids is 1. The number of aromatic nitrogens is 1. The van der Waals surface area contributed by atoms with Crippen molar-refractivity contribution in [3.05, 3.63) is 42.2 Å². The van der Waals surface area contributed by atoms with E-state index in [-0.39, 0.29) is 18.4 Å². The van der Waals surface area contributed by atoms with Crippen LogP contribution in [0.15, 0.2) is 36.7 Å². The van der Waals surface area contributed by atoms with E-state index in [2.05, 4.69) is 4.98 Å². The first kappa shape index (κ1) is 13.5. The number of hydrogen-bond donors (Lipinski definition) is 1. The van der Waals surface area contributed by atoms with Crippen molar-refractivity contribution in [3.63, 3.8) is 0 Å². The van der Waals surface area contributed by atoms with Gasteiger partial charge < -0.3 is 10.0 Å². The quantitative estimate of drug-likeness (QED) is 0.939. The number of carbonyl (C=O) groups excluding carboxylic acids is 1. The molecule has 2 heterocycles. The minimum absolute atomic E-state index is 0.00390. The maximum Gasteiger partial charge on any atom is 0.305 e. The van der Waals surface area contributed by atoms with Gasteiger partial charge in [-0.25, -0.2) is 0 Å². The predicted octanol–water partition coefficient (Wildman–Crippen LogP) is 2.31. The van der Waals surface area contributed by atoms with E-state index in [0.717, 1.165) is 23.6 Å². The molecular weight excluding hydrogens is 268 g/mol. The highest BCUT2D eigenvalue weighted by Gasteiger charge is 2.31. The lowest BCUT2D eigenvalue weighted by Crippen LogP contribution is -2.37. The molecule has 1 atom stereocenters. The number of hydrogen-bond acceptors (Lipinski definition) is 3. The second-order valence-electron chi connectivity index (χ2n) is 5.30. The normalized spacial score (nSPS) is 18.1. The molecule has 1 amide bonds. The molecule has 21 heavy (non-hydrogen) atoms. The van der Waals surface area contributed by atoms with Crippen molar-refractivity contribution in [2.45, 2.75) is 25.3 Å². The number of pyridine rings is 1. The molecule has 1 N–H and O–H groups in total. The Labute approximate surface area is 122 Å². The smallest absolute Gasteiger partial charge is 0.305 e. The number of carboxylic acid groups (broad SMARTS) is 1. The topological polar surface area (TPSA) is 70.5 Å². The molecule has 1 aromatic heterocycles. The summed E-state index contributed by atoms with van der Waals surface area (Å²) in [5.41, 5.74) is 0.547. The molecule has 3 rings (SSSR count). The Morgan fingerprint density at radius 3 is 2.90 bits per heavy atom. The van der Waals surface area contributed by atoms with Crippen LogP contribution in [-0.4, -0.2) is 39.5 Å². The zero-order chi connectivity index (χ0) is 14.8. The maximum absolute atomic E-state index is 12.7. The summed E-state index contributed by atoms with van der Waals surface area (Å²) >= 11 is 0. The van der Waals surface area contributed by atoms with Gasteiger partial charge in [-0.15, -0.1) is 0 Å². The molecule has 0 radical (unpaired) electrons. The van der Waals surface area contributed by atoms with Crippen LogP contribution in [-0.2, 0) is 4.79 Å². The van der Waals surface area contributed by atoms with E-state index >= 15 is 0 Å². The van der Waals surface area contributed by atoms with E-state index < -0.39 is 5.97 Å². The third-order valence-corrected chi connectivity index (χ3v) is 3.95. The van der Waals surface area contributed by atoms with Crippen molar-refractivity contribution in [2.24, 2.45) is 0 Å². The lowest BCUT2D eigenvalue weighted by Gasteiger charge is -2.24. The molecule has 1 fully saturated rings. The molecule has 1 unspecified atom stereocenters. The first-order chi connectivity index (χ1) is 10.2. The van der Waals surface area contributed by atoms with Gasteiger partial charge in [0, 0.05) is 30.4 Å². The van der Waals surface area contributed by atoms with Gasteiger partial charge in [-0.2, -0.15) is 0 Å². The van der Waals surface area contributed by atoms with Crippen LogP contribution in [0.3, 0.4) is 0 Å². The fourth-order valence-electron chi connectivity index (χ4n) is 2.96. The second kappa shape index (κ2) is 5.52. The largest absolute Gasteiger partial charge is 0.481 e. The zero-order valence-electron chi connectivity index (χ0n) is 11.5. The Balaban J connectivity index is 1.95. The fraction of sp³-hybridized carbons (Fsp3) is 0.312. The lowest BCUT2D eigenvalue weighted by atomic mass is 10.1. The number of likely N-dealkylation sites (tertiary alicyclic amines) is 1. The van der Waals surface area contributed by atoms with Gasteiger partial charge in [0.1, 0.15) is 0 Å². The summed E-state index contributed by atoms with van der Waals surface area (Å²) in [4.78, 5) is 29.5. The highest BCUT2D eigenvalue weighted by atomic mass is 16.4. The van der Waals surface area contributed by atoms with Crippen molar-refractivity contribution >= 4 is 22.6 Å². The summed E-state index contributed by atoms with van der Waals surface area (Å²) in [6.45, 7) is 0.611. The average molecular weight is 284 g/mol. The molecular formula is C16H16N2O3. The predicted molar refractivity (Wildman–Crippen MR) is 78.1 cm³/mol. The van der Waals surface area contributed by atoms with Crippen LogP contribution in [0.1, 0.15) is 29.6 Å². The van der Waals surface area contributed by atoms with Crippen LogP contribution in [0.25, 0.3) is 10.8 Å². The van der Waals surface area contributed by atoms with Gasteiger partial charge in [0.2, 0.25) is 0 Å². The summed E-state index contributed by atoms with van der Waals surface area (Å²) < 4.78 is 0. The maximum atomic E-state index is 12.7. The first-order valence-corrected chi connectivity index (χ1v) is 7.02. The standard InChI is InChI=1S/C16H16N2O3/c19-15(20)8-12-5-3-7-18(12)16(21)14-10-17-9-11-4-1-2-6-13(11)14/h1-2,4,6,9-10,12H,3,5,7-8H2,(H,19,20). The first-order valence-electron chi connectivity index (χ1n) is 7.02. The van der Waals surface area contributed by atoms with E-state index in [4.69, 9.17) is 5.11 Å². The molecule has 5 nitrogen and oxygen atoms in total. The molecule has 0 spiro atoms. The van der Waals surface area contributed by atoms with Gasteiger partial charge in [0.25, 0.3) is 5.91 Å². The molecule has 2 aromatic rings. The SMILES string of the molecule is O=C(O)CC1CCCN1C(=O)c1cncc2ccccc12.